The maximum Gasteiger partial charge on any atom is 0.292 e. The van der Waals surface area contributed by atoms with Crippen molar-refractivity contribution in [3.8, 4) is 0 Å². The van der Waals surface area contributed by atoms with Gasteiger partial charge in [0.25, 0.3) is 5.69 Å². The molecule has 0 saturated carbocycles. The highest BCUT2D eigenvalue weighted by Crippen LogP contribution is 2.25. The van der Waals surface area contributed by atoms with Crippen molar-refractivity contribution in [2.24, 2.45) is 11.8 Å². The van der Waals surface area contributed by atoms with Gasteiger partial charge in [-0.25, -0.2) is 4.39 Å². The number of hydrogen-bond donors (Lipinski definition) is 1. The van der Waals surface area contributed by atoms with Gasteiger partial charge in [0.2, 0.25) is 0 Å². The molecule has 17 heavy (non-hydrogen) atoms. The average Bonchev–Trinajstić information content (AvgIpc) is 2.25. The van der Waals surface area contributed by atoms with Crippen LogP contribution in [0.3, 0.4) is 0 Å². The van der Waals surface area contributed by atoms with Crippen molar-refractivity contribution in [3.63, 3.8) is 0 Å². The van der Waals surface area contributed by atoms with Crippen molar-refractivity contribution < 1.29 is 9.31 Å². The minimum absolute atomic E-state index is 0.0950. The van der Waals surface area contributed by atoms with Crippen LogP contribution in [0.4, 0.5) is 15.8 Å². The van der Waals surface area contributed by atoms with E-state index < -0.39 is 10.7 Å². The Hall–Kier alpha value is -1.65. The summed E-state index contributed by atoms with van der Waals surface area (Å²) in [5.74, 6) is 0.350. The number of nitrogens with zero attached hydrogens (tertiary/aromatic N) is 1. The molecular formula is C12H17FN2O2. The highest BCUT2D eigenvalue weighted by Gasteiger charge is 2.15. The Morgan fingerprint density at radius 3 is 2.59 bits per heavy atom. The van der Waals surface area contributed by atoms with Gasteiger partial charge in [-0.3, -0.25) is 10.1 Å². The molecule has 94 valence electrons. The molecule has 0 radical (unpaired) electrons. The van der Waals surface area contributed by atoms with Crippen LogP contribution in [-0.4, -0.2) is 11.5 Å². The Morgan fingerprint density at radius 2 is 2.06 bits per heavy atom. The first-order valence-corrected chi connectivity index (χ1v) is 5.59. The summed E-state index contributed by atoms with van der Waals surface area (Å²) in [4.78, 5) is 10.2. The smallest absolute Gasteiger partial charge is 0.292 e. The molecule has 1 aromatic carbocycles. The monoisotopic (exact) mass is 240 g/mol. The van der Waals surface area contributed by atoms with Gasteiger partial charge in [-0.15, -0.1) is 0 Å². The van der Waals surface area contributed by atoms with Gasteiger partial charge in [-0.05, 0) is 17.9 Å². The molecule has 4 nitrogen and oxygen atoms in total. The fraction of sp³-hybridized carbons (Fsp3) is 0.500. The first-order valence-electron chi connectivity index (χ1n) is 5.59. The van der Waals surface area contributed by atoms with E-state index in [9.17, 15) is 14.5 Å². The van der Waals surface area contributed by atoms with Crippen LogP contribution >= 0.6 is 0 Å². The summed E-state index contributed by atoms with van der Waals surface area (Å²) < 4.78 is 13.0. The summed E-state index contributed by atoms with van der Waals surface area (Å²) in [5, 5.41) is 13.7. The van der Waals surface area contributed by atoms with E-state index in [1.54, 1.807) is 0 Å². The largest absolute Gasteiger partial charge is 0.379 e. The van der Waals surface area contributed by atoms with Gasteiger partial charge in [0.1, 0.15) is 11.5 Å². The predicted molar refractivity (Wildman–Crippen MR) is 65.5 cm³/mol. The Morgan fingerprint density at radius 1 is 1.41 bits per heavy atom. The number of rotatable bonds is 5. The first kappa shape index (κ1) is 13.4. The van der Waals surface area contributed by atoms with Gasteiger partial charge in [0.15, 0.2) is 0 Å². The second-order valence-corrected chi connectivity index (χ2v) is 4.52. The molecule has 1 aromatic rings. The lowest BCUT2D eigenvalue weighted by atomic mass is 9.98. The Labute approximate surface area is 100.0 Å². The molecular weight excluding hydrogens is 223 g/mol. The number of nitro groups is 1. The fourth-order valence-corrected chi connectivity index (χ4v) is 1.32. The SMILES string of the molecule is CC(C)C(C)CNc1cc(F)ccc1[N+](=O)[O-]. The van der Waals surface area contributed by atoms with Crippen LogP contribution in [0.25, 0.3) is 0 Å². The molecule has 1 rings (SSSR count). The number of anilines is 1. The van der Waals surface area contributed by atoms with E-state index in [2.05, 4.69) is 19.2 Å². The number of nitrogens with one attached hydrogen (secondary N) is 1. The summed E-state index contributed by atoms with van der Waals surface area (Å²) in [5.41, 5.74) is 0.143. The van der Waals surface area contributed by atoms with E-state index in [1.807, 2.05) is 6.92 Å². The Balaban J connectivity index is 2.82. The van der Waals surface area contributed by atoms with Crippen molar-refractivity contribution >= 4 is 11.4 Å². The zero-order valence-corrected chi connectivity index (χ0v) is 10.2. The van der Waals surface area contributed by atoms with E-state index >= 15 is 0 Å². The summed E-state index contributed by atoms with van der Waals surface area (Å²) >= 11 is 0. The number of halogens is 1. The third kappa shape index (κ3) is 3.69. The Kier molecular flexibility index (Phi) is 4.43. The van der Waals surface area contributed by atoms with Crippen LogP contribution < -0.4 is 5.32 Å². The summed E-state index contributed by atoms with van der Waals surface area (Å²) in [6.07, 6.45) is 0. The van der Waals surface area contributed by atoms with Crippen molar-refractivity contribution in [2.75, 3.05) is 11.9 Å². The molecule has 0 bridgehead atoms. The summed E-state index contributed by atoms with van der Waals surface area (Å²) in [6.45, 7) is 6.78. The molecule has 0 aliphatic carbocycles. The number of hydrogen-bond acceptors (Lipinski definition) is 3. The second-order valence-electron chi connectivity index (χ2n) is 4.52. The van der Waals surface area contributed by atoms with Gasteiger partial charge >= 0.3 is 0 Å². The molecule has 5 heteroatoms. The van der Waals surface area contributed by atoms with Crippen molar-refractivity contribution in [1.29, 1.82) is 0 Å². The van der Waals surface area contributed by atoms with Gasteiger partial charge in [0, 0.05) is 18.7 Å². The third-order valence-electron chi connectivity index (χ3n) is 2.91. The molecule has 0 aliphatic rings. The van der Waals surface area contributed by atoms with E-state index in [-0.39, 0.29) is 11.4 Å². The van der Waals surface area contributed by atoms with Crippen molar-refractivity contribution in [3.05, 3.63) is 34.1 Å². The lowest BCUT2D eigenvalue weighted by Crippen LogP contribution is -2.16. The Bertz CT molecular complexity index is 407. The van der Waals surface area contributed by atoms with Crippen molar-refractivity contribution in [1.82, 2.24) is 0 Å². The van der Waals surface area contributed by atoms with Crippen molar-refractivity contribution in [2.45, 2.75) is 20.8 Å². The minimum atomic E-state index is -0.512. The van der Waals surface area contributed by atoms with Crippen LogP contribution in [0.1, 0.15) is 20.8 Å². The molecule has 0 heterocycles. The lowest BCUT2D eigenvalue weighted by Gasteiger charge is -2.16. The third-order valence-corrected chi connectivity index (χ3v) is 2.91. The molecule has 1 N–H and O–H groups in total. The molecule has 1 unspecified atom stereocenters. The van der Waals surface area contributed by atoms with E-state index in [1.165, 1.54) is 6.07 Å². The quantitative estimate of drug-likeness (QED) is 0.633. The standard InChI is InChI=1S/C12H17FN2O2/c1-8(2)9(3)7-14-11-6-10(13)4-5-12(11)15(16)17/h4-6,8-9,14H,7H2,1-3H3. The fourth-order valence-electron chi connectivity index (χ4n) is 1.32. The molecule has 0 amide bonds. The van der Waals surface area contributed by atoms with Crippen LogP contribution in [-0.2, 0) is 0 Å². The van der Waals surface area contributed by atoms with Gasteiger partial charge in [0.05, 0.1) is 4.92 Å². The number of benzene rings is 1. The highest BCUT2D eigenvalue weighted by molar-refractivity contribution is 5.61. The summed E-state index contributed by atoms with van der Waals surface area (Å²) in [7, 11) is 0. The average molecular weight is 240 g/mol. The number of nitro benzene ring substituents is 1. The summed E-state index contributed by atoms with van der Waals surface area (Å²) in [6, 6.07) is 3.43. The van der Waals surface area contributed by atoms with Gasteiger partial charge in [-0.2, -0.15) is 0 Å². The minimum Gasteiger partial charge on any atom is -0.379 e. The molecule has 0 spiro atoms. The van der Waals surface area contributed by atoms with Gasteiger partial charge in [-0.1, -0.05) is 20.8 Å². The van der Waals surface area contributed by atoms with Crippen LogP contribution in [0, 0.1) is 27.8 Å². The zero-order valence-electron chi connectivity index (χ0n) is 10.2. The van der Waals surface area contributed by atoms with E-state index in [0.29, 0.717) is 18.4 Å². The van der Waals surface area contributed by atoms with Crippen LogP contribution in [0.2, 0.25) is 0 Å². The molecule has 0 fully saturated rings. The topological polar surface area (TPSA) is 55.2 Å². The van der Waals surface area contributed by atoms with E-state index in [0.717, 1.165) is 12.1 Å². The highest BCUT2D eigenvalue weighted by atomic mass is 19.1. The van der Waals surface area contributed by atoms with Crippen LogP contribution in [0.15, 0.2) is 18.2 Å². The lowest BCUT2D eigenvalue weighted by molar-refractivity contribution is -0.384. The molecule has 1 atom stereocenters. The normalized spacial score (nSPS) is 12.5. The van der Waals surface area contributed by atoms with Crippen LogP contribution in [0.5, 0.6) is 0 Å². The van der Waals surface area contributed by atoms with Gasteiger partial charge < -0.3 is 5.32 Å². The zero-order chi connectivity index (χ0) is 13.0. The second kappa shape index (κ2) is 5.61. The molecule has 0 aromatic heterocycles. The molecule has 0 aliphatic heterocycles. The maximum absolute atomic E-state index is 13.0. The molecule has 0 saturated heterocycles. The maximum atomic E-state index is 13.0. The predicted octanol–water partition coefficient (Wildman–Crippen LogP) is 3.44. The first-order chi connectivity index (χ1) is 7.91. The van der Waals surface area contributed by atoms with E-state index in [4.69, 9.17) is 0 Å².